The van der Waals surface area contributed by atoms with Crippen LogP contribution in [-0.2, 0) is 0 Å². The summed E-state index contributed by atoms with van der Waals surface area (Å²) in [5.41, 5.74) is 7.47. The Labute approximate surface area is 84.5 Å². The van der Waals surface area contributed by atoms with E-state index in [4.69, 9.17) is 5.73 Å². The number of fused-ring (bicyclic) bond motifs is 1. The molecule has 2 fully saturated rings. The third-order valence-electron chi connectivity index (χ3n) is 3.96. The fourth-order valence-electron chi connectivity index (χ4n) is 3.20. The Morgan fingerprint density at radius 2 is 2.14 bits per heavy atom. The summed E-state index contributed by atoms with van der Waals surface area (Å²) in [6.45, 7) is 0. The van der Waals surface area contributed by atoms with Gasteiger partial charge >= 0.3 is 0 Å². The zero-order valence-corrected chi connectivity index (χ0v) is 8.26. The van der Waals surface area contributed by atoms with E-state index in [-0.39, 0.29) is 6.04 Å². The smallest absolute Gasteiger partial charge is 0.0344 e. The van der Waals surface area contributed by atoms with Gasteiger partial charge in [-0.15, -0.1) is 0 Å². The summed E-state index contributed by atoms with van der Waals surface area (Å²) in [4.78, 5) is 4.13. The number of rotatable bonds is 2. The summed E-state index contributed by atoms with van der Waals surface area (Å²) >= 11 is 0. The van der Waals surface area contributed by atoms with Gasteiger partial charge in [-0.2, -0.15) is 0 Å². The van der Waals surface area contributed by atoms with Gasteiger partial charge in [0, 0.05) is 18.4 Å². The topological polar surface area (TPSA) is 38.9 Å². The van der Waals surface area contributed by atoms with E-state index < -0.39 is 0 Å². The first-order valence-electron chi connectivity index (χ1n) is 5.53. The maximum atomic E-state index is 6.25. The molecule has 14 heavy (non-hydrogen) atoms. The highest BCUT2D eigenvalue weighted by molar-refractivity contribution is 5.19. The van der Waals surface area contributed by atoms with Crippen molar-refractivity contribution in [1.29, 1.82) is 0 Å². The minimum atomic E-state index is 0.235. The first-order valence-corrected chi connectivity index (χ1v) is 5.53. The van der Waals surface area contributed by atoms with E-state index in [0.717, 1.165) is 17.8 Å². The molecule has 2 aliphatic carbocycles. The molecule has 2 aliphatic rings. The quantitative estimate of drug-likeness (QED) is 0.772. The molecular weight excluding hydrogens is 172 g/mol. The van der Waals surface area contributed by atoms with Crippen LogP contribution in [0.4, 0.5) is 0 Å². The monoisotopic (exact) mass is 188 g/mol. The molecule has 74 valence electrons. The molecule has 1 heterocycles. The van der Waals surface area contributed by atoms with Crippen molar-refractivity contribution in [2.75, 3.05) is 0 Å². The van der Waals surface area contributed by atoms with Gasteiger partial charge in [0.25, 0.3) is 0 Å². The molecule has 3 atom stereocenters. The van der Waals surface area contributed by atoms with E-state index in [2.05, 4.69) is 11.1 Å². The molecule has 0 saturated heterocycles. The first kappa shape index (κ1) is 8.42. The highest BCUT2D eigenvalue weighted by Gasteiger charge is 2.55. The minimum Gasteiger partial charge on any atom is -0.324 e. The summed E-state index contributed by atoms with van der Waals surface area (Å²) in [7, 11) is 0. The molecule has 3 unspecified atom stereocenters. The second-order valence-corrected chi connectivity index (χ2v) is 4.65. The van der Waals surface area contributed by atoms with Crippen LogP contribution in [-0.4, -0.2) is 4.98 Å². The molecular formula is C12H16N2. The van der Waals surface area contributed by atoms with Crippen molar-refractivity contribution in [3.63, 3.8) is 0 Å². The predicted octanol–water partition coefficient (Wildman–Crippen LogP) is 2.13. The van der Waals surface area contributed by atoms with Crippen molar-refractivity contribution in [1.82, 2.24) is 4.98 Å². The van der Waals surface area contributed by atoms with Gasteiger partial charge in [-0.1, -0.05) is 12.5 Å². The van der Waals surface area contributed by atoms with E-state index in [1.165, 1.54) is 24.8 Å². The molecule has 2 heteroatoms. The zero-order chi connectivity index (χ0) is 9.54. The molecule has 0 spiro atoms. The van der Waals surface area contributed by atoms with Gasteiger partial charge in [0.1, 0.15) is 0 Å². The molecule has 0 bridgehead atoms. The van der Waals surface area contributed by atoms with E-state index in [0.29, 0.717) is 0 Å². The van der Waals surface area contributed by atoms with Crippen LogP contribution in [0.15, 0.2) is 24.5 Å². The third kappa shape index (κ3) is 1.17. The Morgan fingerprint density at radius 1 is 1.36 bits per heavy atom. The van der Waals surface area contributed by atoms with Crippen molar-refractivity contribution in [3.05, 3.63) is 30.1 Å². The number of hydrogen-bond donors (Lipinski definition) is 1. The van der Waals surface area contributed by atoms with Crippen molar-refractivity contribution in [2.24, 2.45) is 23.5 Å². The standard InChI is InChI=1S/C12H16N2/c13-12(8-3-2-6-14-7-8)11-9-4-1-5-10(9)11/h2-3,6-7,9-12H,1,4-5,13H2. The Morgan fingerprint density at radius 3 is 2.79 bits per heavy atom. The molecule has 1 aromatic rings. The van der Waals surface area contributed by atoms with Gasteiger partial charge in [0.2, 0.25) is 0 Å². The summed E-state index contributed by atoms with van der Waals surface area (Å²) in [5, 5.41) is 0. The average molecular weight is 188 g/mol. The molecule has 2 saturated carbocycles. The fraction of sp³-hybridized carbons (Fsp3) is 0.583. The normalized spacial score (nSPS) is 36.5. The summed E-state index contributed by atoms with van der Waals surface area (Å²) in [6.07, 6.45) is 7.96. The third-order valence-corrected chi connectivity index (χ3v) is 3.96. The SMILES string of the molecule is NC(c1cccnc1)C1C2CCCC21. The summed E-state index contributed by atoms with van der Waals surface area (Å²) in [6, 6.07) is 4.32. The predicted molar refractivity (Wildman–Crippen MR) is 55.5 cm³/mol. The zero-order valence-electron chi connectivity index (χ0n) is 8.26. The highest BCUT2D eigenvalue weighted by Crippen LogP contribution is 2.61. The van der Waals surface area contributed by atoms with E-state index >= 15 is 0 Å². The maximum Gasteiger partial charge on any atom is 0.0344 e. The lowest BCUT2D eigenvalue weighted by Crippen LogP contribution is -2.15. The number of aromatic nitrogens is 1. The van der Waals surface area contributed by atoms with Crippen molar-refractivity contribution < 1.29 is 0 Å². The van der Waals surface area contributed by atoms with Gasteiger partial charge in [-0.3, -0.25) is 4.98 Å². The Balaban J connectivity index is 1.75. The molecule has 0 amide bonds. The fourth-order valence-corrected chi connectivity index (χ4v) is 3.20. The Hall–Kier alpha value is -0.890. The van der Waals surface area contributed by atoms with Gasteiger partial charge in [0.15, 0.2) is 0 Å². The number of nitrogens with zero attached hydrogens (tertiary/aromatic N) is 1. The van der Waals surface area contributed by atoms with Gasteiger partial charge < -0.3 is 5.73 Å². The Kier molecular flexibility index (Phi) is 1.84. The van der Waals surface area contributed by atoms with Crippen LogP contribution in [0.3, 0.4) is 0 Å². The molecule has 0 aliphatic heterocycles. The van der Waals surface area contributed by atoms with Crippen LogP contribution >= 0.6 is 0 Å². The first-order chi connectivity index (χ1) is 6.88. The van der Waals surface area contributed by atoms with Crippen LogP contribution < -0.4 is 5.73 Å². The molecule has 1 aromatic heterocycles. The van der Waals surface area contributed by atoms with E-state index in [9.17, 15) is 0 Å². The molecule has 2 N–H and O–H groups in total. The lowest BCUT2D eigenvalue weighted by molar-refractivity contribution is 0.501. The number of nitrogens with two attached hydrogens (primary N) is 1. The lowest BCUT2D eigenvalue weighted by Gasteiger charge is -2.13. The van der Waals surface area contributed by atoms with Crippen molar-refractivity contribution in [3.8, 4) is 0 Å². The number of pyridine rings is 1. The van der Waals surface area contributed by atoms with Crippen molar-refractivity contribution >= 4 is 0 Å². The average Bonchev–Trinajstić information content (AvgIpc) is 2.72. The van der Waals surface area contributed by atoms with Gasteiger partial charge in [-0.25, -0.2) is 0 Å². The van der Waals surface area contributed by atoms with Crippen LogP contribution in [0.5, 0.6) is 0 Å². The van der Waals surface area contributed by atoms with E-state index in [1.807, 2.05) is 18.5 Å². The van der Waals surface area contributed by atoms with Crippen LogP contribution in [0, 0.1) is 17.8 Å². The molecule has 3 rings (SSSR count). The summed E-state index contributed by atoms with van der Waals surface area (Å²) in [5.74, 6) is 2.63. The maximum absolute atomic E-state index is 6.25. The second kappa shape index (κ2) is 3.06. The molecule has 0 radical (unpaired) electrons. The van der Waals surface area contributed by atoms with E-state index in [1.54, 1.807) is 0 Å². The van der Waals surface area contributed by atoms with Crippen LogP contribution in [0.2, 0.25) is 0 Å². The number of hydrogen-bond acceptors (Lipinski definition) is 2. The minimum absolute atomic E-state index is 0.235. The summed E-state index contributed by atoms with van der Waals surface area (Å²) < 4.78 is 0. The second-order valence-electron chi connectivity index (χ2n) is 4.65. The van der Waals surface area contributed by atoms with Crippen LogP contribution in [0.25, 0.3) is 0 Å². The molecule has 0 aromatic carbocycles. The van der Waals surface area contributed by atoms with Gasteiger partial charge in [0.05, 0.1) is 0 Å². The highest BCUT2D eigenvalue weighted by atomic mass is 14.8. The van der Waals surface area contributed by atoms with Crippen LogP contribution in [0.1, 0.15) is 30.9 Å². The van der Waals surface area contributed by atoms with Gasteiger partial charge in [-0.05, 0) is 42.2 Å². The lowest BCUT2D eigenvalue weighted by atomic mass is 9.99. The largest absolute Gasteiger partial charge is 0.324 e. The van der Waals surface area contributed by atoms with Crippen molar-refractivity contribution in [2.45, 2.75) is 25.3 Å². The Bertz CT molecular complexity index is 312. The molecule has 2 nitrogen and oxygen atoms in total.